The summed E-state index contributed by atoms with van der Waals surface area (Å²) >= 11 is 0. The molecule has 1 amide bonds. The molecule has 4 aliphatic heterocycles. The van der Waals surface area contributed by atoms with Gasteiger partial charge in [-0.2, -0.15) is 0 Å². The van der Waals surface area contributed by atoms with Crippen LogP contribution >= 0.6 is 0 Å². The van der Waals surface area contributed by atoms with Gasteiger partial charge in [-0.1, -0.05) is 5.16 Å². The van der Waals surface area contributed by atoms with Crippen LogP contribution in [-0.2, 0) is 15.9 Å². The molecule has 5 heterocycles. The fraction of sp³-hybridized carbons (Fsp3) is 0.640. The van der Waals surface area contributed by atoms with E-state index in [0.717, 1.165) is 24.9 Å². The molecular weight excluding hydrogens is 453 g/mol. The van der Waals surface area contributed by atoms with E-state index in [2.05, 4.69) is 27.3 Å². The minimum Gasteiger partial charge on any atom is -0.381 e. The summed E-state index contributed by atoms with van der Waals surface area (Å²) in [6, 6.07) is 1.84. The third-order valence-electron chi connectivity index (χ3n) is 8.11. The summed E-state index contributed by atoms with van der Waals surface area (Å²) in [5, 5.41) is 7.89. The molecule has 4 atom stereocenters. The molecule has 1 aromatic carbocycles. The van der Waals surface area contributed by atoms with E-state index in [1.54, 1.807) is 12.0 Å². The number of hydrogen-bond acceptors (Lipinski definition) is 8. The molecule has 9 nitrogen and oxygen atoms in total. The number of nitrogens with zero attached hydrogens (tertiary/aromatic N) is 4. The van der Waals surface area contributed by atoms with E-state index in [0.29, 0.717) is 43.8 Å². The second-order valence-electron chi connectivity index (χ2n) is 10.4. The number of methoxy groups -OCH3 is 1. The van der Waals surface area contributed by atoms with Crippen molar-refractivity contribution in [3.05, 3.63) is 23.1 Å². The van der Waals surface area contributed by atoms with Crippen LogP contribution in [-0.4, -0.2) is 86.5 Å². The van der Waals surface area contributed by atoms with Gasteiger partial charge in [-0.05, 0) is 44.7 Å². The van der Waals surface area contributed by atoms with E-state index in [-0.39, 0.29) is 47.0 Å². The van der Waals surface area contributed by atoms with Crippen LogP contribution in [0, 0.1) is 11.2 Å². The monoisotopic (exact) mass is 485 g/mol. The Morgan fingerprint density at radius 2 is 2.11 bits per heavy atom. The zero-order chi connectivity index (χ0) is 24.3. The van der Waals surface area contributed by atoms with Gasteiger partial charge in [0, 0.05) is 44.9 Å². The first-order valence-corrected chi connectivity index (χ1v) is 12.5. The number of carbonyl (C=O) groups excluding carboxylic acids is 1. The van der Waals surface area contributed by atoms with Crippen LogP contribution in [0.4, 0.5) is 10.1 Å². The quantitative estimate of drug-likeness (QED) is 0.698. The number of hydrogen-bond donors (Lipinski definition) is 1. The normalized spacial score (nSPS) is 31.1. The van der Waals surface area contributed by atoms with Crippen LogP contribution in [0.1, 0.15) is 42.7 Å². The zero-order valence-corrected chi connectivity index (χ0v) is 20.4. The number of aliphatic imine (C=N–C) groups is 1. The molecule has 35 heavy (non-hydrogen) atoms. The van der Waals surface area contributed by atoms with Crippen molar-refractivity contribution < 1.29 is 23.2 Å². The predicted molar refractivity (Wildman–Crippen MR) is 129 cm³/mol. The van der Waals surface area contributed by atoms with E-state index >= 15 is 4.39 Å². The van der Waals surface area contributed by atoms with Gasteiger partial charge in [-0.3, -0.25) is 15.1 Å². The fourth-order valence-electron chi connectivity index (χ4n) is 6.63. The number of anilines is 1. The molecule has 10 heteroatoms. The zero-order valence-electron chi connectivity index (χ0n) is 20.4. The molecule has 1 unspecified atom stereocenters. The van der Waals surface area contributed by atoms with Gasteiger partial charge in [0.25, 0.3) is 5.91 Å². The number of likely N-dealkylation sites (tertiary alicyclic amines) is 1. The maximum Gasteiger partial charge on any atom is 0.276 e. The number of aromatic nitrogens is 1. The molecule has 188 valence electrons. The highest BCUT2D eigenvalue weighted by Crippen LogP contribution is 2.48. The Hall–Kier alpha value is -2.56. The Kier molecular flexibility index (Phi) is 5.58. The summed E-state index contributed by atoms with van der Waals surface area (Å²) in [6.07, 6.45) is 4.17. The first-order valence-electron chi connectivity index (χ1n) is 12.5. The molecule has 2 saturated heterocycles. The lowest BCUT2D eigenvalue weighted by molar-refractivity contribution is -0.0522. The summed E-state index contributed by atoms with van der Waals surface area (Å²) in [5.41, 5.74) is 1.25. The number of morpholine rings is 1. The number of piperidine rings is 1. The molecule has 0 saturated carbocycles. The number of nitrogens with one attached hydrogen (secondary N) is 1. The van der Waals surface area contributed by atoms with Gasteiger partial charge < -0.3 is 23.8 Å². The maximum absolute atomic E-state index is 16.1. The summed E-state index contributed by atoms with van der Waals surface area (Å²) in [5.74, 6) is -0.681. The first kappa shape index (κ1) is 22.9. The molecule has 6 rings (SSSR count). The van der Waals surface area contributed by atoms with Crippen molar-refractivity contribution in [3.8, 4) is 0 Å². The fourth-order valence-corrected chi connectivity index (χ4v) is 6.63. The lowest BCUT2D eigenvalue weighted by Crippen LogP contribution is -2.67. The lowest BCUT2D eigenvalue weighted by atomic mass is 9.68. The van der Waals surface area contributed by atoms with Gasteiger partial charge in [-0.15, -0.1) is 0 Å². The second-order valence-corrected chi connectivity index (χ2v) is 10.4. The molecule has 2 aromatic rings. The van der Waals surface area contributed by atoms with E-state index in [1.807, 2.05) is 19.2 Å². The van der Waals surface area contributed by atoms with Crippen LogP contribution in [0.3, 0.4) is 0 Å². The van der Waals surface area contributed by atoms with Gasteiger partial charge in [0.2, 0.25) is 5.58 Å². The number of fused-ring (bicyclic) bond motifs is 5. The topological polar surface area (TPSA) is 92.4 Å². The van der Waals surface area contributed by atoms with Gasteiger partial charge in [0.05, 0.1) is 42.1 Å². The average molecular weight is 486 g/mol. The van der Waals surface area contributed by atoms with Gasteiger partial charge in [0.15, 0.2) is 11.5 Å². The molecule has 0 radical (unpaired) electrons. The Balaban J connectivity index is 1.43. The molecule has 1 N–H and O–H groups in total. The summed E-state index contributed by atoms with van der Waals surface area (Å²) in [4.78, 5) is 21.8. The number of amides is 1. The van der Waals surface area contributed by atoms with Crippen molar-refractivity contribution in [1.29, 1.82) is 0 Å². The van der Waals surface area contributed by atoms with Crippen LogP contribution in [0.5, 0.6) is 0 Å². The van der Waals surface area contributed by atoms with Gasteiger partial charge in [0.1, 0.15) is 0 Å². The highest BCUT2D eigenvalue weighted by Gasteiger charge is 2.52. The minimum atomic E-state index is -0.455. The maximum atomic E-state index is 16.1. The van der Waals surface area contributed by atoms with Crippen LogP contribution in [0.15, 0.2) is 15.6 Å². The molecule has 4 aliphatic rings. The standard InChI is InChI=1S/C25H32FN5O4/c1-14-10-31-21-16(9-25(11-27-13-28-12-25)23(31)15(2)34-14)8-18-20(29-35-22(18)19(21)26)24(32)30-6-4-17(33-3)5-7-30/h8,11,14-15,17,23,28H,4-7,9-10,12-13H2,1-3H3/t14-,15+,23-,25?/m1/s1. The summed E-state index contributed by atoms with van der Waals surface area (Å²) in [7, 11) is 1.69. The Morgan fingerprint density at radius 1 is 1.31 bits per heavy atom. The minimum absolute atomic E-state index is 0.0378. The van der Waals surface area contributed by atoms with Crippen molar-refractivity contribution in [2.75, 3.05) is 44.9 Å². The molecule has 0 aliphatic carbocycles. The van der Waals surface area contributed by atoms with Crippen LogP contribution in [0.25, 0.3) is 11.0 Å². The predicted octanol–water partition coefficient (Wildman–Crippen LogP) is 2.37. The van der Waals surface area contributed by atoms with Crippen molar-refractivity contribution >= 4 is 28.8 Å². The number of benzene rings is 1. The van der Waals surface area contributed by atoms with Crippen molar-refractivity contribution in [3.63, 3.8) is 0 Å². The lowest BCUT2D eigenvalue weighted by Gasteiger charge is -2.56. The number of rotatable bonds is 2. The van der Waals surface area contributed by atoms with Crippen molar-refractivity contribution in [2.24, 2.45) is 10.4 Å². The van der Waals surface area contributed by atoms with E-state index in [1.165, 1.54) is 0 Å². The third kappa shape index (κ3) is 3.56. The highest BCUT2D eigenvalue weighted by atomic mass is 19.1. The van der Waals surface area contributed by atoms with Crippen molar-refractivity contribution in [2.45, 2.75) is 57.5 Å². The van der Waals surface area contributed by atoms with E-state index < -0.39 is 5.82 Å². The van der Waals surface area contributed by atoms with Gasteiger partial charge >= 0.3 is 0 Å². The third-order valence-corrected chi connectivity index (χ3v) is 8.11. The second kappa shape index (κ2) is 8.53. The number of halogens is 1. The largest absolute Gasteiger partial charge is 0.381 e. The van der Waals surface area contributed by atoms with Crippen LogP contribution < -0.4 is 10.2 Å². The van der Waals surface area contributed by atoms with E-state index in [9.17, 15) is 4.79 Å². The Bertz CT molecular complexity index is 1180. The SMILES string of the molecule is COC1CCN(C(=O)c2noc3c(F)c4c(cc23)CC2(C=NCNC2)[C@H]2[C@H](C)O[C@H](C)CN42)CC1. The average Bonchev–Trinajstić information content (AvgIpc) is 3.27. The Labute approximate surface area is 203 Å². The Morgan fingerprint density at radius 3 is 2.83 bits per heavy atom. The van der Waals surface area contributed by atoms with Gasteiger partial charge in [-0.25, -0.2) is 4.39 Å². The van der Waals surface area contributed by atoms with E-state index in [4.69, 9.17) is 14.0 Å². The molecule has 0 bridgehead atoms. The summed E-state index contributed by atoms with van der Waals surface area (Å²) < 4.78 is 33.2. The van der Waals surface area contributed by atoms with Crippen molar-refractivity contribution in [1.82, 2.24) is 15.4 Å². The highest BCUT2D eigenvalue weighted by molar-refractivity contribution is 6.05. The molecule has 2 fully saturated rings. The molecule has 1 aromatic heterocycles. The number of ether oxygens (including phenoxy) is 2. The summed E-state index contributed by atoms with van der Waals surface area (Å²) in [6.45, 7) is 7.08. The molecule has 1 spiro atoms. The van der Waals surface area contributed by atoms with Crippen LogP contribution in [0.2, 0.25) is 0 Å². The smallest absolute Gasteiger partial charge is 0.276 e. The number of carbonyl (C=O) groups is 1. The first-order chi connectivity index (χ1) is 16.9. The molecular formula is C25H32FN5O4.